The summed E-state index contributed by atoms with van der Waals surface area (Å²) in [4.78, 5) is 28.9. The van der Waals surface area contributed by atoms with E-state index in [2.05, 4.69) is 5.10 Å². The van der Waals surface area contributed by atoms with Crippen molar-refractivity contribution in [3.05, 3.63) is 52.8 Å². The van der Waals surface area contributed by atoms with Crippen LogP contribution < -0.4 is 0 Å². The van der Waals surface area contributed by atoms with Crippen LogP contribution in [0.15, 0.2) is 30.3 Å². The summed E-state index contributed by atoms with van der Waals surface area (Å²) in [5.41, 5.74) is 3.00. The number of carbonyl (C=O) groups is 2. The predicted octanol–water partition coefficient (Wildman–Crippen LogP) is 1.64. The van der Waals surface area contributed by atoms with Crippen molar-refractivity contribution in [3.63, 3.8) is 0 Å². The number of aromatic nitrogens is 2. The molecule has 6 heteroatoms. The molecule has 126 valence electrons. The third-order valence-corrected chi connectivity index (χ3v) is 4.60. The van der Waals surface area contributed by atoms with E-state index >= 15 is 0 Å². The highest BCUT2D eigenvalue weighted by Gasteiger charge is 2.28. The van der Waals surface area contributed by atoms with Gasteiger partial charge in [-0.2, -0.15) is 5.10 Å². The molecule has 1 aromatic carbocycles. The van der Waals surface area contributed by atoms with Crippen molar-refractivity contribution in [2.24, 2.45) is 7.05 Å². The van der Waals surface area contributed by atoms with E-state index in [4.69, 9.17) is 0 Å². The first-order chi connectivity index (χ1) is 11.5. The molecule has 1 aliphatic rings. The van der Waals surface area contributed by atoms with E-state index < -0.39 is 0 Å². The summed E-state index contributed by atoms with van der Waals surface area (Å²) in [6.45, 7) is 5.96. The lowest BCUT2D eigenvalue weighted by atomic mass is 10.1. The molecule has 0 unspecified atom stereocenters. The molecule has 6 nitrogen and oxygen atoms in total. The van der Waals surface area contributed by atoms with Gasteiger partial charge < -0.3 is 9.80 Å². The van der Waals surface area contributed by atoms with Gasteiger partial charge in [-0.15, -0.1) is 0 Å². The number of amides is 2. The zero-order valence-electron chi connectivity index (χ0n) is 14.3. The van der Waals surface area contributed by atoms with Gasteiger partial charge in [0.05, 0.1) is 11.3 Å². The second-order valence-electron chi connectivity index (χ2n) is 6.12. The Bertz CT molecular complexity index is 759. The highest BCUT2D eigenvalue weighted by Crippen LogP contribution is 2.17. The molecule has 1 fully saturated rings. The Balaban J connectivity index is 1.67. The molecule has 2 aromatic rings. The molecule has 2 amide bonds. The van der Waals surface area contributed by atoms with Crippen LogP contribution in [0.3, 0.4) is 0 Å². The molecule has 0 bridgehead atoms. The maximum Gasteiger partial charge on any atom is 0.257 e. The number of aryl methyl sites for hydroxylation is 2. The van der Waals surface area contributed by atoms with Gasteiger partial charge in [-0.05, 0) is 26.0 Å². The van der Waals surface area contributed by atoms with E-state index in [9.17, 15) is 9.59 Å². The second kappa shape index (κ2) is 6.47. The third kappa shape index (κ3) is 2.91. The summed E-state index contributed by atoms with van der Waals surface area (Å²) in [5.74, 6) is 0.0290. The molecule has 0 spiro atoms. The summed E-state index contributed by atoms with van der Waals surface area (Å²) >= 11 is 0. The Labute approximate surface area is 141 Å². The first kappa shape index (κ1) is 16.2. The predicted molar refractivity (Wildman–Crippen MR) is 90.9 cm³/mol. The van der Waals surface area contributed by atoms with E-state index in [1.165, 1.54) is 0 Å². The van der Waals surface area contributed by atoms with E-state index in [0.29, 0.717) is 37.3 Å². The molecule has 0 saturated carbocycles. The summed E-state index contributed by atoms with van der Waals surface area (Å²) in [6, 6.07) is 9.26. The molecule has 1 aliphatic heterocycles. The molecular weight excluding hydrogens is 304 g/mol. The van der Waals surface area contributed by atoms with Crippen molar-refractivity contribution in [1.82, 2.24) is 19.6 Å². The number of hydrogen-bond acceptors (Lipinski definition) is 3. The number of benzene rings is 1. The maximum absolute atomic E-state index is 12.8. The minimum atomic E-state index is 0.00455. The zero-order chi connectivity index (χ0) is 17.3. The van der Waals surface area contributed by atoms with E-state index in [-0.39, 0.29) is 11.8 Å². The van der Waals surface area contributed by atoms with Crippen LogP contribution in [-0.4, -0.2) is 57.6 Å². The van der Waals surface area contributed by atoms with Crippen LogP contribution in [0.5, 0.6) is 0 Å². The van der Waals surface area contributed by atoms with Gasteiger partial charge in [-0.3, -0.25) is 14.3 Å². The summed E-state index contributed by atoms with van der Waals surface area (Å²) in [7, 11) is 1.84. The zero-order valence-corrected chi connectivity index (χ0v) is 14.3. The van der Waals surface area contributed by atoms with Crippen molar-refractivity contribution >= 4 is 11.8 Å². The fraction of sp³-hybridized carbons (Fsp3) is 0.389. The van der Waals surface area contributed by atoms with Gasteiger partial charge >= 0.3 is 0 Å². The van der Waals surface area contributed by atoms with Crippen LogP contribution >= 0.6 is 0 Å². The molecule has 1 saturated heterocycles. The SMILES string of the molecule is Cc1nn(C)c(C)c1C(=O)N1CCN(C(=O)c2ccccc2)CC1. The number of piperazine rings is 1. The molecule has 0 aliphatic carbocycles. The Morgan fingerprint density at radius 3 is 1.96 bits per heavy atom. The topological polar surface area (TPSA) is 58.4 Å². The quantitative estimate of drug-likeness (QED) is 0.843. The Hall–Kier alpha value is -2.63. The van der Waals surface area contributed by atoms with Gasteiger partial charge in [0.1, 0.15) is 0 Å². The van der Waals surface area contributed by atoms with Crippen LogP contribution in [0.2, 0.25) is 0 Å². The lowest BCUT2D eigenvalue weighted by Gasteiger charge is -2.35. The van der Waals surface area contributed by atoms with Crippen molar-refractivity contribution in [2.45, 2.75) is 13.8 Å². The van der Waals surface area contributed by atoms with E-state index in [1.807, 2.05) is 61.0 Å². The molecule has 0 N–H and O–H groups in total. The number of rotatable bonds is 2. The lowest BCUT2D eigenvalue weighted by molar-refractivity contribution is 0.0534. The first-order valence-electron chi connectivity index (χ1n) is 8.13. The number of carbonyl (C=O) groups excluding carboxylic acids is 2. The summed E-state index contributed by atoms with van der Waals surface area (Å²) in [6.07, 6.45) is 0. The molecule has 0 atom stereocenters. The normalized spacial score (nSPS) is 14.8. The van der Waals surface area contributed by atoms with Gasteiger partial charge in [-0.1, -0.05) is 18.2 Å². The van der Waals surface area contributed by atoms with Crippen LogP contribution in [-0.2, 0) is 7.05 Å². The van der Waals surface area contributed by atoms with Crippen molar-refractivity contribution < 1.29 is 9.59 Å². The smallest absolute Gasteiger partial charge is 0.257 e. The Morgan fingerprint density at radius 2 is 1.46 bits per heavy atom. The summed E-state index contributed by atoms with van der Waals surface area (Å²) < 4.78 is 1.73. The third-order valence-electron chi connectivity index (χ3n) is 4.60. The fourth-order valence-electron chi connectivity index (χ4n) is 3.12. The van der Waals surface area contributed by atoms with Crippen LogP contribution in [0, 0.1) is 13.8 Å². The monoisotopic (exact) mass is 326 g/mol. The standard InChI is InChI=1S/C18H22N4O2/c1-13-16(14(2)20(3)19-13)18(24)22-11-9-21(10-12-22)17(23)15-7-5-4-6-8-15/h4-8H,9-12H2,1-3H3. The van der Waals surface area contributed by atoms with Crippen molar-refractivity contribution in [2.75, 3.05) is 26.2 Å². The van der Waals surface area contributed by atoms with Crippen LogP contribution in [0.1, 0.15) is 32.1 Å². The molecule has 1 aromatic heterocycles. The molecule has 2 heterocycles. The van der Waals surface area contributed by atoms with Crippen LogP contribution in [0.25, 0.3) is 0 Å². The Kier molecular flexibility index (Phi) is 4.38. The van der Waals surface area contributed by atoms with Gasteiger partial charge in [-0.25, -0.2) is 0 Å². The highest BCUT2D eigenvalue weighted by atomic mass is 16.2. The number of hydrogen-bond donors (Lipinski definition) is 0. The second-order valence-corrected chi connectivity index (χ2v) is 6.12. The fourth-order valence-corrected chi connectivity index (χ4v) is 3.12. The van der Waals surface area contributed by atoms with Crippen molar-refractivity contribution in [3.8, 4) is 0 Å². The molecular formula is C18H22N4O2. The van der Waals surface area contributed by atoms with Crippen LogP contribution in [0.4, 0.5) is 0 Å². The van der Waals surface area contributed by atoms with Crippen molar-refractivity contribution in [1.29, 1.82) is 0 Å². The maximum atomic E-state index is 12.8. The molecule has 0 radical (unpaired) electrons. The lowest BCUT2D eigenvalue weighted by Crippen LogP contribution is -2.50. The largest absolute Gasteiger partial charge is 0.335 e. The van der Waals surface area contributed by atoms with E-state index in [0.717, 1.165) is 11.4 Å². The van der Waals surface area contributed by atoms with Gasteiger partial charge in [0.15, 0.2) is 0 Å². The van der Waals surface area contributed by atoms with Gasteiger partial charge in [0, 0.05) is 44.5 Å². The molecule has 24 heavy (non-hydrogen) atoms. The van der Waals surface area contributed by atoms with Gasteiger partial charge in [0.2, 0.25) is 0 Å². The molecule has 3 rings (SSSR count). The average Bonchev–Trinajstić information content (AvgIpc) is 2.87. The average molecular weight is 326 g/mol. The minimum Gasteiger partial charge on any atom is -0.335 e. The van der Waals surface area contributed by atoms with Gasteiger partial charge in [0.25, 0.3) is 11.8 Å². The van der Waals surface area contributed by atoms with E-state index in [1.54, 1.807) is 4.68 Å². The first-order valence-corrected chi connectivity index (χ1v) is 8.13. The highest BCUT2D eigenvalue weighted by molar-refractivity contribution is 5.97. The minimum absolute atomic E-state index is 0.00455. The Morgan fingerprint density at radius 1 is 0.917 bits per heavy atom. The number of nitrogens with zero attached hydrogens (tertiary/aromatic N) is 4. The summed E-state index contributed by atoms with van der Waals surface area (Å²) in [5, 5.41) is 4.31.